The molecule has 2 aliphatic heterocycles. The Labute approximate surface area is 181 Å². The van der Waals surface area contributed by atoms with Gasteiger partial charge in [0.25, 0.3) is 0 Å². The number of pyridine rings is 1. The van der Waals surface area contributed by atoms with Crippen LogP contribution in [-0.4, -0.2) is 64.1 Å². The molecule has 0 N–H and O–H groups in total. The van der Waals surface area contributed by atoms with E-state index in [1.165, 1.54) is 15.5 Å². The van der Waals surface area contributed by atoms with Crippen LogP contribution >= 0.6 is 35.7 Å². The molecule has 2 aromatic rings. The van der Waals surface area contributed by atoms with Crippen molar-refractivity contribution in [3.63, 3.8) is 0 Å². The average Bonchev–Trinajstić information content (AvgIpc) is 2.74. The van der Waals surface area contributed by atoms with Crippen molar-refractivity contribution < 1.29 is 0 Å². The topological polar surface area (TPSA) is 22.6 Å². The number of piperazine rings is 1. The number of thioether (sulfide) groups is 1. The van der Waals surface area contributed by atoms with Crippen LogP contribution in [-0.2, 0) is 0 Å². The Balaban J connectivity index is 1.34. The van der Waals surface area contributed by atoms with E-state index in [0.29, 0.717) is 0 Å². The summed E-state index contributed by atoms with van der Waals surface area (Å²) >= 11 is 9.12. The smallest absolute Gasteiger partial charge is 0.147 e. The second kappa shape index (κ2) is 9.48. The van der Waals surface area contributed by atoms with Crippen molar-refractivity contribution in [3.8, 4) is 0 Å². The molecule has 0 atom stereocenters. The minimum Gasteiger partial charge on any atom is -0.355 e. The quantitative estimate of drug-likeness (QED) is 0.632. The van der Waals surface area contributed by atoms with Gasteiger partial charge >= 0.3 is 0 Å². The number of para-hydroxylation sites is 1. The third kappa shape index (κ3) is 4.48. The highest BCUT2D eigenvalue weighted by Crippen LogP contribution is 2.46. The van der Waals surface area contributed by atoms with Gasteiger partial charge in [0.1, 0.15) is 10.1 Å². The molecule has 2 aliphatic rings. The maximum Gasteiger partial charge on any atom is 0.147 e. The lowest BCUT2D eigenvalue weighted by Gasteiger charge is -2.36. The molecule has 148 valence electrons. The van der Waals surface area contributed by atoms with E-state index >= 15 is 0 Å². The van der Waals surface area contributed by atoms with Gasteiger partial charge in [-0.1, -0.05) is 54.8 Å². The summed E-state index contributed by atoms with van der Waals surface area (Å²) in [5.41, 5.74) is 1.28. The maximum atomic E-state index is 5.51. The van der Waals surface area contributed by atoms with Crippen LogP contribution in [0, 0.1) is 0 Å². The van der Waals surface area contributed by atoms with Gasteiger partial charge < -0.3 is 9.80 Å². The number of hydrogen-bond acceptors (Lipinski definition) is 6. The van der Waals surface area contributed by atoms with E-state index in [1.54, 1.807) is 11.8 Å². The highest BCUT2D eigenvalue weighted by molar-refractivity contribution is 8.22. The summed E-state index contributed by atoms with van der Waals surface area (Å²) < 4.78 is 1.06. The van der Waals surface area contributed by atoms with E-state index in [0.717, 1.165) is 61.6 Å². The average molecular weight is 431 g/mol. The molecular weight excluding hydrogens is 404 g/mol. The molecule has 1 saturated heterocycles. The second-order valence-electron chi connectivity index (χ2n) is 6.93. The number of aromatic nitrogens is 1. The third-order valence-electron chi connectivity index (χ3n) is 5.14. The van der Waals surface area contributed by atoms with Gasteiger partial charge in [0, 0.05) is 43.8 Å². The molecule has 0 spiro atoms. The standard InChI is InChI=1S/C21H26N4S3/c1-2-27-21(26)24-15-13-23(14-16-24)11-6-12-25-17-7-3-4-8-18(17)28-19-9-5-10-22-20(19)25/h3-5,7-10H,2,6,11-16H2,1H3. The summed E-state index contributed by atoms with van der Waals surface area (Å²) in [6, 6.07) is 12.9. The predicted molar refractivity (Wildman–Crippen MR) is 125 cm³/mol. The molecule has 0 amide bonds. The molecule has 3 heterocycles. The van der Waals surface area contributed by atoms with E-state index in [-0.39, 0.29) is 0 Å². The molecule has 1 fully saturated rings. The second-order valence-corrected chi connectivity index (χ2v) is 9.91. The van der Waals surface area contributed by atoms with Crippen LogP contribution in [0.3, 0.4) is 0 Å². The summed E-state index contributed by atoms with van der Waals surface area (Å²) in [5.74, 6) is 2.16. The third-order valence-corrected chi connectivity index (χ3v) is 7.65. The normalized spacial score (nSPS) is 16.6. The summed E-state index contributed by atoms with van der Waals surface area (Å²) in [6.07, 6.45) is 3.03. The summed E-state index contributed by atoms with van der Waals surface area (Å²) in [4.78, 5) is 14.6. The fourth-order valence-corrected chi connectivity index (χ4v) is 5.93. The molecule has 1 aromatic heterocycles. The van der Waals surface area contributed by atoms with Crippen LogP contribution < -0.4 is 4.90 Å². The Morgan fingerprint density at radius 2 is 1.86 bits per heavy atom. The summed E-state index contributed by atoms with van der Waals surface area (Å²) in [7, 11) is 0. The van der Waals surface area contributed by atoms with Crippen molar-refractivity contribution in [1.29, 1.82) is 0 Å². The van der Waals surface area contributed by atoms with Crippen molar-refractivity contribution in [3.05, 3.63) is 42.6 Å². The van der Waals surface area contributed by atoms with Crippen LogP contribution in [0.15, 0.2) is 52.4 Å². The van der Waals surface area contributed by atoms with Gasteiger partial charge in [-0.2, -0.15) is 0 Å². The van der Waals surface area contributed by atoms with E-state index in [4.69, 9.17) is 12.2 Å². The first-order chi connectivity index (χ1) is 13.8. The zero-order valence-electron chi connectivity index (χ0n) is 16.2. The minimum absolute atomic E-state index is 0.992. The minimum atomic E-state index is 0.992. The first kappa shape index (κ1) is 20.0. The van der Waals surface area contributed by atoms with Gasteiger partial charge in [-0.15, -0.1) is 0 Å². The van der Waals surface area contributed by atoms with E-state index < -0.39 is 0 Å². The molecule has 4 nitrogen and oxygen atoms in total. The fraction of sp³-hybridized carbons (Fsp3) is 0.429. The van der Waals surface area contributed by atoms with Gasteiger partial charge in [-0.25, -0.2) is 4.98 Å². The van der Waals surface area contributed by atoms with Gasteiger partial charge in [0.15, 0.2) is 0 Å². The molecule has 4 rings (SSSR count). The highest BCUT2D eigenvalue weighted by Gasteiger charge is 2.24. The molecule has 0 unspecified atom stereocenters. The molecule has 7 heteroatoms. The highest BCUT2D eigenvalue weighted by atomic mass is 32.2. The van der Waals surface area contributed by atoms with Gasteiger partial charge in [0.2, 0.25) is 0 Å². The van der Waals surface area contributed by atoms with Crippen molar-refractivity contribution in [2.75, 3.05) is 49.9 Å². The molecule has 28 heavy (non-hydrogen) atoms. The van der Waals surface area contributed by atoms with Crippen LogP contribution in [0.1, 0.15) is 13.3 Å². The Bertz CT molecular complexity index is 775. The number of nitrogens with zero attached hydrogens (tertiary/aromatic N) is 4. The van der Waals surface area contributed by atoms with Gasteiger partial charge in [-0.05, 0) is 43.0 Å². The summed E-state index contributed by atoms with van der Waals surface area (Å²) in [5, 5.41) is 0. The molecule has 0 radical (unpaired) electrons. The van der Waals surface area contributed by atoms with Crippen LogP contribution in [0.2, 0.25) is 0 Å². The van der Waals surface area contributed by atoms with Crippen molar-refractivity contribution >= 4 is 51.6 Å². The number of hydrogen-bond donors (Lipinski definition) is 0. The van der Waals surface area contributed by atoms with Crippen molar-refractivity contribution in [2.24, 2.45) is 0 Å². The van der Waals surface area contributed by atoms with E-state index in [9.17, 15) is 0 Å². The largest absolute Gasteiger partial charge is 0.355 e. The number of benzene rings is 1. The van der Waals surface area contributed by atoms with Crippen molar-refractivity contribution in [1.82, 2.24) is 14.8 Å². The number of thiocarbonyl (C=S) groups is 1. The lowest BCUT2D eigenvalue weighted by Crippen LogP contribution is -2.48. The molecule has 0 aliphatic carbocycles. The van der Waals surface area contributed by atoms with Gasteiger partial charge in [0.05, 0.1) is 10.6 Å². The molecular formula is C21H26N4S3. The van der Waals surface area contributed by atoms with E-state index in [2.05, 4.69) is 56.9 Å². The molecule has 0 saturated carbocycles. The zero-order chi connectivity index (χ0) is 19.3. The summed E-state index contributed by atoms with van der Waals surface area (Å²) in [6.45, 7) is 8.59. The SMILES string of the molecule is CCSC(=S)N1CCN(CCCN2c3ccccc3Sc3cccnc32)CC1. The zero-order valence-corrected chi connectivity index (χ0v) is 18.7. The number of fused-ring (bicyclic) bond motifs is 2. The Morgan fingerprint density at radius 1 is 1.07 bits per heavy atom. The predicted octanol–water partition coefficient (Wildman–Crippen LogP) is 4.73. The maximum absolute atomic E-state index is 5.51. The Kier molecular flexibility index (Phi) is 6.77. The van der Waals surface area contributed by atoms with Gasteiger partial charge in [-0.3, -0.25) is 4.90 Å². The van der Waals surface area contributed by atoms with Crippen LogP contribution in [0.5, 0.6) is 0 Å². The number of anilines is 2. The van der Waals surface area contributed by atoms with Crippen LogP contribution in [0.25, 0.3) is 0 Å². The molecule has 1 aromatic carbocycles. The van der Waals surface area contributed by atoms with E-state index in [1.807, 2.05) is 24.0 Å². The van der Waals surface area contributed by atoms with Crippen molar-refractivity contribution in [2.45, 2.75) is 23.1 Å². The Morgan fingerprint density at radius 3 is 2.68 bits per heavy atom. The van der Waals surface area contributed by atoms with Crippen LogP contribution in [0.4, 0.5) is 11.5 Å². The fourth-order valence-electron chi connectivity index (χ4n) is 3.71. The molecule has 0 bridgehead atoms. The number of rotatable bonds is 5. The lowest BCUT2D eigenvalue weighted by atomic mass is 10.2. The first-order valence-corrected chi connectivity index (χ1v) is 12.1. The monoisotopic (exact) mass is 430 g/mol. The first-order valence-electron chi connectivity index (χ1n) is 9.89. The lowest BCUT2D eigenvalue weighted by molar-refractivity contribution is 0.185. The Hall–Kier alpha value is -1.28.